The van der Waals surface area contributed by atoms with Crippen LogP contribution in [0.15, 0.2) is 4.99 Å². The highest BCUT2D eigenvalue weighted by Crippen LogP contribution is 2.31. The molecule has 0 amide bonds. The largest absolute Gasteiger partial charge is 0.387 e. The van der Waals surface area contributed by atoms with E-state index in [9.17, 15) is 22.0 Å². The van der Waals surface area contributed by atoms with Gasteiger partial charge >= 0.3 is 0 Å². The summed E-state index contributed by atoms with van der Waals surface area (Å²) < 4.78 is 65.5. The van der Waals surface area contributed by atoms with Crippen LogP contribution in [0.4, 0.5) is 27.6 Å². The first kappa shape index (κ1) is 13.8. The van der Waals surface area contributed by atoms with Crippen molar-refractivity contribution in [3.8, 4) is 0 Å². The highest BCUT2D eigenvalue weighted by atomic mass is 19.2. The number of amidine groups is 1. The fourth-order valence-corrected chi connectivity index (χ4v) is 2.13. The van der Waals surface area contributed by atoms with E-state index in [1.165, 1.54) is 0 Å². The zero-order valence-electron chi connectivity index (χ0n) is 9.82. The monoisotopic (exact) mass is 278 g/mol. The molecule has 1 aliphatic rings. The number of nitrogens with two attached hydrogens (primary N) is 1. The van der Waals surface area contributed by atoms with E-state index in [0.29, 0.717) is 12.8 Å². The van der Waals surface area contributed by atoms with Crippen molar-refractivity contribution >= 4 is 11.5 Å². The first-order valence-corrected chi connectivity index (χ1v) is 5.79. The molecule has 1 aliphatic carbocycles. The maximum atomic E-state index is 13.4. The van der Waals surface area contributed by atoms with Gasteiger partial charge in [-0.1, -0.05) is 12.8 Å². The predicted molar refractivity (Wildman–Crippen MR) is 59.5 cm³/mol. The van der Waals surface area contributed by atoms with E-state index in [0.717, 1.165) is 12.8 Å². The van der Waals surface area contributed by atoms with Crippen molar-refractivity contribution in [3.63, 3.8) is 0 Å². The van der Waals surface area contributed by atoms with E-state index >= 15 is 0 Å². The number of halogens is 5. The Hall–Kier alpha value is -1.66. The van der Waals surface area contributed by atoms with Crippen LogP contribution in [0.1, 0.15) is 25.7 Å². The molecule has 0 atom stereocenters. The third-order valence-electron chi connectivity index (χ3n) is 3.20. The summed E-state index contributed by atoms with van der Waals surface area (Å²) in [7, 11) is 0. The summed E-state index contributed by atoms with van der Waals surface area (Å²) >= 11 is 0. The third-order valence-corrected chi connectivity index (χ3v) is 3.20. The summed E-state index contributed by atoms with van der Waals surface area (Å²) in [6.07, 6.45) is 3.20. The van der Waals surface area contributed by atoms with Crippen LogP contribution >= 0.6 is 0 Å². The minimum absolute atomic E-state index is 0.0966. The van der Waals surface area contributed by atoms with Gasteiger partial charge in [-0.2, -0.15) is 0 Å². The van der Waals surface area contributed by atoms with Crippen LogP contribution in [-0.4, -0.2) is 5.84 Å². The molecule has 0 heterocycles. The molecular formula is C12H11F5N2. The lowest BCUT2D eigenvalue weighted by Gasteiger charge is -2.09. The average molecular weight is 278 g/mol. The summed E-state index contributed by atoms with van der Waals surface area (Å²) in [6, 6.07) is 0. The van der Waals surface area contributed by atoms with Gasteiger partial charge in [0.15, 0.2) is 23.3 Å². The van der Waals surface area contributed by atoms with Gasteiger partial charge in [0.05, 0.1) is 0 Å². The van der Waals surface area contributed by atoms with Crippen molar-refractivity contribution in [1.82, 2.24) is 0 Å². The normalized spacial score (nSPS) is 17.2. The molecule has 7 heteroatoms. The Morgan fingerprint density at radius 1 is 0.842 bits per heavy atom. The minimum Gasteiger partial charge on any atom is -0.387 e. The molecule has 104 valence electrons. The van der Waals surface area contributed by atoms with E-state index in [4.69, 9.17) is 5.73 Å². The van der Waals surface area contributed by atoms with Gasteiger partial charge in [-0.15, -0.1) is 0 Å². The van der Waals surface area contributed by atoms with Crippen LogP contribution < -0.4 is 5.73 Å². The molecule has 0 unspecified atom stereocenters. The smallest absolute Gasteiger partial charge is 0.200 e. The average Bonchev–Trinajstić information content (AvgIpc) is 2.93. The lowest BCUT2D eigenvalue weighted by atomic mass is 10.1. The first-order valence-electron chi connectivity index (χ1n) is 5.79. The topological polar surface area (TPSA) is 38.4 Å². The van der Waals surface area contributed by atoms with Gasteiger partial charge in [0.25, 0.3) is 0 Å². The van der Waals surface area contributed by atoms with Crippen molar-refractivity contribution in [2.45, 2.75) is 25.7 Å². The van der Waals surface area contributed by atoms with Crippen molar-refractivity contribution < 1.29 is 22.0 Å². The fraction of sp³-hybridized carbons (Fsp3) is 0.417. The minimum atomic E-state index is -2.20. The fourth-order valence-electron chi connectivity index (χ4n) is 2.13. The van der Waals surface area contributed by atoms with Gasteiger partial charge in [-0.05, 0) is 12.8 Å². The molecule has 0 radical (unpaired) electrons. The Kier molecular flexibility index (Phi) is 3.73. The van der Waals surface area contributed by atoms with Crippen LogP contribution in [0, 0.1) is 35.0 Å². The Labute approximate surface area is 106 Å². The molecule has 0 aliphatic heterocycles. The van der Waals surface area contributed by atoms with Crippen LogP contribution in [0.5, 0.6) is 0 Å². The molecule has 0 bridgehead atoms. The van der Waals surface area contributed by atoms with Crippen molar-refractivity contribution in [3.05, 3.63) is 29.1 Å². The highest BCUT2D eigenvalue weighted by molar-refractivity contribution is 5.85. The van der Waals surface area contributed by atoms with Gasteiger partial charge in [0.1, 0.15) is 11.5 Å². The second kappa shape index (κ2) is 5.14. The molecule has 2 N–H and O–H groups in total. The number of benzene rings is 1. The lowest BCUT2D eigenvalue weighted by molar-refractivity contribution is 0.381. The number of rotatable bonds is 2. The molecule has 0 spiro atoms. The summed E-state index contributed by atoms with van der Waals surface area (Å²) in [5, 5.41) is 0. The van der Waals surface area contributed by atoms with Gasteiger partial charge in [0, 0.05) is 5.92 Å². The van der Waals surface area contributed by atoms with E-state index in [2.05, 4.69) is 4.99 Å². The molecule has 1 aromatic carbocycles. The zero-order chi connectivity index (χ0) is 14.2. The molecule has 2 nitrogen and oxygen atoms in total. The van der Waals surface area contributed by atoms with Crippen LogP contribution in [-0.2, 0) is 0 Å². The van der Waals surface area contributed by atoms with Crippen molar-refractivity contribution in [1.29, 1.82) is 0 Å². The van der Waals surface area contributed by atoms with E-state index in [1.807, 2.05) is 0 Å². The van der Waals surface area contributed by atoms with Crippen LogP contribution in [0.2, 0.25) is 0 Å². The Morgan fingerprint density at radius 3 is 1.74 bits per heavy atom. The SMILES string of the molecule is NC(=Nc1c(F)c(F)c(F)c(F)c1F)C1CCCC1. The summed E-state index contributed by atoms with van der Waals surface area (Å²) in [6.45, 7) is 0. The molecule has 0 saturated heterocycles. The Balaban J connectivity index is 2.48. The van der Waals surface area contributed by atoms with Gasteiger partial charge in [-0.3, -0.25) is 0 Å². The molecule has 2 rings (SSSR count). The third kappa shape index (κ3) is 2.41. The number of aliphatic imine (C=N–C) groups is 1. The van der Waals surface area contributed by atoms with Gasteiger partial charge in [0.2, 0.25) is 5.82 Å². The van der Waals surface area contributed by atoms with Gasteiger partial charge in [-0.25, -0.2) is 26.9 Å². The first-order chi connectivity index (χ1) is 8.93. The molecule has 1 fully saturated rings. The van der Waals surface area contributed by atoms with Crippen LogP contribution in [0.25, 0.3) is 0 Å². The van der Waals surface area contributed by atoms with E-state index in [-0.39, 0.29) is 11.8 Å². The predicted octanol–water partition coefficient (Wildman–Crippen LogP) is 3.56. The van der Waals surface area contributed by atoms with Crippen molar-refractivity contribution in [2.24, 2.45) is 16.6 Å². The quantitative estimate of drug-likeness (QED) is 0.290. The summed E-state index contributed by atoms with van der Waals surface area (Å²) in [5.74, 6) is -10.4. The Bertz CT molecular complexity index is 506. The van der Waals surface area contributed by atoms with Crippen LogP contribution in [0.3, 0.4) is 0 Å². The zero-order valence-corrected chi connectivity index (χ0v) is 9.82. The second-order valence-corrected chi connectivity index (χ2v) is 4.44. The number of hydrogen-bond donors (Lipinski definition) is 1. The molecular weight excluding hydrogens is 267 g/mol. The molecule has 1 saturated carbocycles. The van der Waals surface area contributed by atoms with E-state index in [1.54, 1.807) is 0 Å². The lowest BCUT2D eigenvalue weighted by Crippen LogP contribution is -2.21. The number of nitrogens with zero attached hydrogens (tertiary/aromatic N) is 1. The maximum absolute atomic E-state index is 13.4. The molecule has 1 aromatic rings. The molecule has 0 aromatic heterocycles. The maximum Gasteiger partial charge on any atom is 0.200 e. The summed E-state index contributed by atoms with van der Waals surface area (Å²) in [4.78, 5) is 3.40. The van der Waals surface area contributed by atoms with E-state index < -0.39 is 34.8 Å². The standard InChI is InChI=1S/C12H11F5N2/c13-6-7(14)9(16)11(10(17)8(6)15)19-12(18)5-3-1-2-4-5/h5H,1-4H2,(H2,18,19). The second-order valence-electron chi connectivity index (χ2n) is 4.44. The number of hydrogen-bond acceptors (Lipinski definition) is 1. The molecule has 19 heavy (non-hydrogen) atoms. The highest BCUT2D eigenvalue weighted by Gasteiger charge is 2.27. The Morgan fingerprint density at radius 2 is 1.26 bits per heavy atom. The van der Waals surface area contributed by atoms with Crippen molar-refractivity contribution in [2.75, 3.05) is 0 Å². The van der Waals surface area contributed by atoms with Gasteiger partial charge < -0.3 is 5.73 Å². The summed E-state index contributed by atoms with van der Waals surface area (Å²) in [5.41, 5.74) is 4.34.